The number of hydrogen-bond acceptors (Lipinski definition) is 2. The van der Waals surface area contributed by atoms with E-state index >= 15 is 0 Å². The van der Waals surface area contributed by atoms with Crippen molar-refractivity contribution in [1.29, 1.82) is 0 Å². The number of carboxylic acid groups (broad SMARTS) is 1. The van der Waals surface area contributed by atoms with E-state index in [9.17, 15) is 9.18 Å². The summed E-state index contributed by atoms with van der Waals surface area (Å²) in [6.07, 6.45) is 0.963. The number of carboxylic acids is 1. The van der Waals surface area contributed by atoms with Crippen LogP contribution in [0.3, 0.4) is 0 Å². The van der Waals surface area contributed by atoms with Crippen molar-refractivity contribution in [3.8, 4) is 0 Å². The Bertz CT molecular complexity index is 684. The first-order valence-corrected chi connectivity index (χ1v) is 6.94. The first-order valence-electron chi connectivity index (χ1n) is 6.94. The fourth-order valence-electron chi connectivity index (χ4n) is 2.74. The van der Waals surface area contributed by atoms with Gasteiger partial charge in [-0.15, -0.1) is 0 Å². The first-order chi connectivity index (χ1) is 10.1. The number of rotatable bonds is 3. The highest BCUT2D eigenvalue weighted by atomic mass is 19.1. The molecule has 108 valence electrons. The largest absolute Gasteiger partial charge is 0.478 e. The van der Waals surface area contributed by atoms with Gasteiger partial charge in [-0.2, -0.15) is 0 Å². The third-order valence-corrected chi connectivity index (χ3v) is 3.90. The zero-order chi connectivity index (χ0) is 14.8. The summed E-state index contributed by atoms with van der Waals surface area (Å²) in [7, 11) is 0. The van der Waals surface area contributed by atoms with Gasteiger partial charge in [-0.1, -0.05) is 30.3 Å². The summed E-state index contributed by atoms with van der Waals surface area (Å²) in [5.74, 6) is -1.55. The van der Waals surface area contributed by atoms with Gasteiger partial charge in [0.05, 0.1) is 5.56 Å². The lowest BCUT2D eigenvalue weighted by Crippen LogP contribution is -2.30. The fourth-order valence-corrected chi connectivity index (χ4v) is 2.74. The SMILES string of the molecule is O=C(O)c1ccc(CN2CCc3ccccc3C2)c(F)c1. The van der Waals surface area contributed by atoms with Gasteiger partial charge < -0.3 is 5.11 Å². The molecule has 1 aliphatic heterocycles. The second kappa shape index (κ2) is 5.66. The molecular weight excluding hydrogens is 269 g/mol. The number of halogens is 1. The molecule has 0 bridgehead atoms. The Balaban J connectivity index is 1.75. The van der Waals surface area contributed by atoms with Crippen molar-refractivity contribution in [3.63, 3.8) is 0 Å². The zero-order valence-electron chi connectivity index (χ0n) is 11.6. The summed E-state index contributed by atoms with van der Waals surface area (Å²) in [4.78, 5) is 13.0. The molecule has 0 unspecified atom stereocenters. The van der Waals surface area contributed by atoms with Gasteiger partial charge in [0.15, 0.2) is 0 Å². The second-order valence-electron chi connectivity index (χ2n) is 5.34. The Labute approximate surface area is 122 Å². The van der Waals surface area contributed by atoms with Crippen molar-refractivity contribution in [2.75, 3.05) is 6.54 Å². The molecule has 0 fully saturated rings. The molecule has 4 heteroatoms. The van der Waals surface area contributed by atoms with E-state index < -0.39 is 11.8 Å². The number of hydrogen-bond donors (Lipinski definition) is 1. The molecule has 21 heavy (non-hydrogen) atoms. The van der Waals surface area contributed by atoms with Crippen LogP contribution in [-0.4, -0.2) is 22.5 Å². The van der Waals surface area contributed by atoms with E-state index in [2.05, 4.69) is 17.0 Å². The third-order valence-electron chi connectivity index (χ3n) is 3.90. The van der Waals surface area contributed by atoms with Gasteiger partial charge in [-0.25, -0.2) is 9.18 Å². The Morgan fingerprint density at radius 1 is 1.19 bits per heavy atom. The molecule has 0 aliphatic carbocycles. The van der Waals surface area contributed by atoms with Crippen molar-refractivity contribution in [2.24, 2.45) is 0 Å². The molecule has 3 nitrogen and oxygen atoms in total. The van der Waals surface area contributed by atoms with E-state index in [0.717, 1.165) is 25.6 Å². The Morgan fingerprint density at radius 2 is 1.95 bits per heavy atom. The smallest absolute Gasteiger partial charge is 0.335 e. The molecule has 2 aromatic rings. The second-order valence-corrected chi connectivity index (χ2v) is 5.34. The Morgan fingerprint density at radius 3 is 2.67 bits per heavy atom. The maximum Gasteiger partial charge on any atom is 0.335 e. The predicted molar refractivity (Wildman–Crippen MR) is 77.6 cm³/mol. The lowest BCUT2D eigenvalue weighted by Gasteiger charge is -2.28. The van der Waals surface area contributed by atoms with Crippen LogP contribution in [0.5, 0.6) is 0 Å². The Kier molecular flexibility index (Phi) is 3.71. The van der Waals surface area contributed by atoms with Crippen LogP contribution >= 0.6 is 0 Å². The van der Waals surface area contributed by atoms with E-state index in [-0.39, 0.29) is 5.56 Å². The molecule has 0 radical (unpaired) electrons. The van der Waals surface area contributed by atoms with Crippen molar-refractivity contribution in [1.82, 2.24) is 4.90 Å². The van der Waals surface area contributed by atoms with Crippen LogP contribution in [0.25, 0.3) is 0 Å². The van der Waals surface area contributed by atoms with Gasteiger partial charge >= 0.3 is 5.97 Å². The van der Waals surface area contributed by atoms with Crippen molar-refractivity contribution in [3.05, 3.63) is 70.5 Å². The van der Waals surface area contributed by atoms with Crippen LogP contribution in [0, 0.1) is 5.82 Å². The summed E-state index contributed by atoms with van der Waals surface area (Å²) < 4.78 is 14.0. The highest BCUT2D eigenvalue weighted by Gasteiger charge is 2.17. The summed E-state index contributed by atoms with van der Waals surface area (Å²) in [6.45, 7) is 2.19. The van der Waals surface area contributed by atoms with Crippen LogP contribution in [0.1, 0.15) is 27.0 Å². The highest BCUT2D eigenvalue weighted by molar-refractivity contribution is 5.87. The average Bonchev–Trinajstić information content (AvgIpc) is 2.49. The molecule has 0 aromatic heterocycles. The highest BCUT2D eigenvalue weighted by Crippen LogP contribution is 2.21. The van der Waals surface area contributed by atoms with Gasteiger partial charge in [-0.3, -0.25) is 4.90 Å². The number of nitrogens with zero attached hydrogens (tertiary/aromatic N) is 1. The van der Waals surface area contributed by atoms with Crippen LogP contribution < -0.4 is 0 Å². The number of aromatic carboxylic acids is 1. The molecule has 0 saturated carbocycles. The van der Waals surface area contributed by atoms with Crippen molar-refractivity contribution < 1.29 is 14.3 Å². The van der Waals surface area contributed by atoms with Crippen molar-refractivity contribution >= 4 is 5.97 Å². The minimum absolute atomic E-state index is 0.0137. The van der Waals surface area contributed by atoms with Crippen LogP contribution in [0.4, 0.5) is 4.39 Å². The zero-order valence-corrected chi connectivity index (χ0v) is 11.6. The molecule has 2 aromatic carbocycles. The van der Waals surface area contributed by atoms with Gasteiger partial charge in [0.1, 0.15) is 5.82 Å². The fraction of sp³-hybridized carbons (Fsp3) is 0.235. The standard InChI is InChI=1S/C17H16FNO2/c18-16-9-13(17(20)21)5-6-15(16)11-19-8-7-12-3-1-2-4-14(12)10-19/h1-6,9H,7-8,10-11H2,(H,20,21). The summed E-state index contributed by atoms with van der Waals surface area (Å²) in [6, 6.07) is 12.4. The monoisotopic (exact) mass is 285 g/mol. The van der Waals surface area contributed by atoms with Crippen LogP contribution in [0.2, 0.25) is 0 Å². The summed E-state index contributed by atoms with van der Waals surface area (Å²) >= 11 is 0. The van der Waals surface area contributed by atoms with Gasteiger partial charge in [0.2, 0.25) is 0 Å². The quantitative estimate of drug-likeness (QED) is 0.942. The molecule has 3 rings (SSSR count). The van der Waals surface area contributed by atoms with E-state index in [0.29, 0.717) is 12.1 Å². The van der Waals surface area contributed by atoms with E-state index in [1.807, 2.05) is 12.1 Å². The van der Waals surface area contributed by atoms with Crippen LogP contribution in [-0.2, 0) is 19.5 Å². The van der Waals surface area contributed by atoms with E-state index in [4.69, 9.17) is 5.11 Å². The van der Waals surface area contributed by atoms with Gasteiger partial charge in [0.25, 0.3) is 0 Å². The summed E-state index contributed by atoms with van der Waals surface area (Å²) in [5.41, 5.74) is 3.17. The number of carbonyl (C=O) groups is 1. The lowest BCUT2D eigenvalue weighted by molar-refractivity contribution is 0.0696. The summed E-state index contributed by atoms with van der Waals surface area (Å²) in [5, 5.41) is 8.85. The number of fused-ring (bicyclic) bond motifs is 1. The molecule has 1 heterocycles. The van der Waals surface area contributed by atoms with E-state index in [1.54, 1.807) is 6.07 Å². The third kappa shape index (κ3) is 2.95. The first kappa shape index (κ1) is 13.8. The number of benzene rings is 2. The predicted octanol–water partition coefficient (Wildman–Crippen LogP) is 3.08. The van der Waals surface area contributed by atoms with Crippen LogP contribution in [0.15, 0.2) is 42.5 Å². The molecule has 0 atom stereocenters. The topological polar surface area (TPSA) is 40.5 Å². The molecule has 0 amide bonds. The molecule has 0 saturated heterocycles. The molecule has 0 spiro atoms. The molecule has 1 aliphatic rings. The lowest BCUT2D eigenvalue weighted by atomic mass is 9.99. The Hall–Kier alpha value is -2.20. The average molecular weight is 285 g/mol. The van der Waals surface area contributed by atoms with Crippen molar-refractivity contribution in [2.45, 2.75) is 19.5 Å². The van der Waals surface area contributed by atoms with Gasteiger partial charge in [-0.05, 0) is 29.7 Å². The molecular formula is C17H16FNO2. The maximum absolute atomic E-state index is 14.0. The van der Waals surface area contributed by atoms with E-state index in [1.165, 1.54) is 17.2 Å². The normalized spacial score (nSPS) is 14.7. The maximum atomic E-state index is 14.0. The molecule has 1 N–H and O–H groups in total. The minimum atomic E-state index is -1.10. The van der Waals surface area contributed by atoms with Gasteiger partial charge in [0, 0.05) is 25.2 Å². The minimum Gasteiger partial charge on any atom is -0.478 e.